The summed E-state index contributed by atoms with van der Waals surface area (Å²) in [6.45, 7) is 8.64. The first-order valence-electron chi connectivity index (χ1n) is 7.48. The molecule has 5 nitrogen and oxygen atoms in total. The first-order valence-corrected chi connectivity index (χ1v) is 9.03. The molecule has 3 N–H and O–H groups in total. The van der Waals surface area contributed by atoms with Crippen molar-refractivity contribution in [3.8, 4) is 0 Å². The largest absolute Gasteiger partial charge is 0.310 e. The number of benzene rings is 1. The van der Waals surface area contributed by atoms with Crippen molar-refractivity contribution >= 4 is 10.0 Å². The lowest BCUT2D eigenvalue weighted by molar-refractivity contribution is 0.336. The molecule has 2 unspecified atom stereocenters. The Bertz CT molecular complexity index is 574. The zero-order valence-electron chi connectivity index (χ0n) is 12.7. The zero-order valence-corrected chi connectivity index (χ0v) is 13.6. The second kappa shape index (κ2) is 6.87. The van der Waals surface area contributed by atoms with Gasteiger partial charge in [0.2, 0.25) is 10.0 Å². The van der Waals surface area contributed by atoms with Gasteiger partial charge in [0.05, 0.1) is 4.90 Å². The monoisotopic (exact) mass is 311 g/mol. The van der Waals surface area contributed by atoms with E-state index >= 15 is 0 Å². The number of sulfonamides is 1. The quantitative estimate of drug-likeness (QED) is 0.831. The van der Waals surface area contributed by atoms with Gasteiger partial charge in [-0.1, -0.05) is 19.1 Å². The second-order valence-corrected chi connectivity index (χ2v) is 7.36. The third-order valence-corrected chi connectivity index (χ3v) is 5.13. The molecule has 0 saturated carbocycles. The maximum absolute atomic E-state index is 11.4. The molecule has 0 aliphatic carbocycles. The van der Waals surface area contributed by atoms with E-state index in [1.54, 1.807) is 12.1 Å². The molecule has 1 aromatic carbocycles. The summed E-state index contributed by atoms with van der Waals surface area (Å²) in [6, 6.07) is 6.96. The third kappa shape index (κ3) is 4.51. The molecular weight excluding hydrogens is 286 g/mol. The Balaban J connectivity index is 1.93. The summed E-state index contributed by atoms with van der Waals surface area (Å²) >= 11 is 0. The highest BCUT2D eigenvalue weighted by atomic mass is 32.2. The molecule has 1 aliphatic heterocycles. The van der Waals surface area contributed by atoms with Crippen molar-refractivity contribution in [1.82, 2.24) is 10.2 Å². The van der Waals surface area contributed by atoms with Gasteiger partial charge >= 0.3 is 0 Å². The first-order chi connectivity index (χ1) is 9.90. The van der Waals surface area contributed by atoms with Gasteiger partial charge in [-0.2, -0.15) is 0 Å². The highest BCUT2D eigenvalue weighted by Gasteiger charge is 2.21. The lowest BCUT2D eigenvalue weighted by atomic mass is 10.1. The average Bonchev–Trinajstić information content (AvgIpc) is 2.92. The minimum absolute atomic E-state index is 0.113. The molecule has 0 aromatic heterocycles. The fraction of sp³-hybridized carbons (Fsp3) is 0.600. The Morgan fingerprint density at radius 3 is 2.86 bits per heavy atom. The number of nitrogens with zero attached hydrogens (tertiary/aromatic N) is 1. The van der Waals surface area contributed by atoms with E-state index in [9.17, 15) is 8.42 Å². The van der Waals surface area contributed by atoms with E-state index in [0.29, 0.717) is 5.92 Å². The summed E-state index contributed by atoms with van der Waals surface area (Å²) < 4.78 is 22.8. The highest BCUT2D eigenvalue weighted by Crippen LogP contribution is 2.19. The molecule has 0 amide bonds. The van der Waals surface area contributed by atoms with Crippen LogP contribution in [-0.4, -0.2) is 39.5 Å². The Kier molecular flexibility index (Phi) is 5.37. The van der Waals surface area contributed by atoms with Crippen molar-refractivity contribution in [2.75, 3.05) is 26.2 Å². The van der Waals surface area contributed by atoms with Gasteiger partial charge in [0.15, 0.2) is 0 Å². The lowest BCUT2D eigenvalue weighted by Gasteiger charge is -2.18. The molecule has 0 bridgehead atoms. The van der Waals surface area contributed by atoms with Gasteiger partial charge in [-0.3, -0.25) is 0 Å². The fourth-order valence-corrected chi connectivity index (χ4v) is 3.36. The summed E-state index contributed by atoms with van der Waals surface area (Å²) in [7, 11) is -3.63. The summed E-state index contributed by atoms with van der Waals surface area (Å²) in [5, 5.41) is 8.68. The average molecular weight is 311 g/mol. The maximum Gasteiger partial charge on any atom is 0.238 e. The minimum atomic E-state index is -3.63. The van der Waals surface area contributed by atoms with Crippen LogP contribution in [0.3, 0.4) is 0 Å². The summed E-state index contributed by atoms with van der Waals surface area (Å²) in [4.78, 5) is 2.63. The molecule has 1 aromatic rings. The van der Waals surface area contributed by atoms with Gasteiger partial charge in [0.25, 0.3) is 0 Å². The predicted molar refractivity (Wildman–Crippen MR) is 84.5 cm³/mol. The van der Waals surface area contributed by atoms with Crippen LogP contribution in [0.1, 0.15) is 31.9 Å². The number of nitrogens with one attached hydrogen (secondary N) is 1. The van der Waals surface area contributed by atoms with E-state index in [4.69, 9.17) is 5.14 Å². The van der Waals surface area contributed by atoms with Crippen LogP contribution >= 0.6 is 0 Å². The first kappa shape index (κ1) is 16.4. The summed E-state index contributed by atoms with van der Waals surface area (Å²) in [5.41, 5.74) is 0.951. The van der Waals surface area contributed by atoms with Crippen LogP contribution in [0.2, 0.25) is 0 Å². The van der Waals surface area contributed by atoms with E-state index in [1.807, 2.05) is 6.07 Å². The van der Waals surface area contributed by atoms with Gasteiger partial charge in [0.1, 0.15) is 0 Å². The molecule has 2 rings (SSSR count). The third-order valence-electron chi connectivity index (χ3n) is 4.22. The summed E-state index contributed by atoms with van der Waals surface area (Å²) in [6.07, 6.45) is 1.23. The van der Waals surface area contributed by atoms with Gasteiger partial charge in [-0.15, -0.1) is 0 Å². The van der Waals surface area contributed by atoms with Crippen LogP contribution in [0.25, 0.3) is 0 Å². The molecule has 1 aliphatic rings. The standard InChI is InChI=1S/C15H25N3O2S/c1-3-18-8-7-13(11-18)10-17-12(2)14-5-4-6-15(9-14)21(16,19)20/h4-6,9,12-13,17H,3,7-8,10-11H2,1-2H3,(H2,16,19,20). The number of primary sulfonamides is 1. The molecule has 21 heavy (non-hydrogen) atoms. The SMILES string of the molecule is CCN1CCC(CNC(C)c2cccc(S(N)(=O)=O)c2)C1. The van der Waals surface area contributed by atoms with Crippen molar-refractivity contribution in [3.05, 3.63) is 29.8 Å². The van der Waals surface area contributed by atoms with Gasteiger partial charge in [-0.25, -0.2) is 13.6 Å². The second-order valence-electron chi connectivity index (χ2n) is 5.80. The van der Waals surface area contributed by atoms with E-state index < -0.39 is 10.0 Å². The van der Waals surface area contributed by atoms with Crippen LogP contribution in [0.15, 0.2) is 29.2 Å². The Labute approximate surface area is 127 Å². The number of hydrogen-bond donors (Lipinski definition) is 2. The Morgan fingerprint density at radius 1 is 1.48 bits per heavy atom. The van der Waals surface area contributed by atoms with Crippen LogP contribution in [0, 0.1) is 5.92 Å². The number of nitrogens with two attached hydrogens (primary N) is 1. The topological polar surface area (TPSA) is 75.4 Å². The van der Waals surface area contributed by atoms with E-state index in [2.05, 4.69) is 24.1 Å². The van der Waals surface area contributed by atoms with Crippen LogP contribution in [0.4, 0.5) is 0 Å². The van der Waals surface area contributed by atoms with Crippen molar-refractivity contribution in [3.63, 3.8) is 0 Å². The molecule has 0 radical (unpaired) electrons. The highest BCUT2D eigenvalue weighted by molar-refractivity contribution is 7.89. The van der Waals surface area contributed by atoms with Crippen LogP contribution in [0.5, 0.6) is 0 Å². The summed E-state index contributed by atoms with van der Waals surface area (Å²) in [5.74, 6) is 0.675. The molecular formula is C15H25N3O2S. The lowest BCUT2D eigenvalue weighted by Crippen LogP contribution is -2.28. The fourth-order valence-electron chi connectivity index (χ4n) is 2.79. The molecule has 1 heterocycles. The predicted octanol–water partition coefficient (Wildman–Crippen LogP) is 1.33. The van der Waals surface area contributed by atoms with E-state index in [1.165, 1.54) is 19.0 Å². The number of likely N-dealkylation sites (tertiary alicyclic amines) is 1. The van der Waals surface area contributed by atoms with Crippen molar-refractivity contribution in [2.45, 2.75) is 31.2 Å². The van der Waals surface area contributed by atoms with E-state index in [-0.39, 0.29) is 10.9 Å². The molecule has 1 fully saturated rings. The van der Waals surface area contributed by atoms with Crippen LogP contribution in [-0.2, 0) is 10.0 Å². The minimum Gasteiger partial charge on any atom is -0.310 e. The molecule has 0 spiro atoms. The van der Waals surface area contributed by atoms with Gasteiger partial charge in [-0.05, 0) is 56.6 Å². The molecule has 118 valence electrons. The molecule has 2 atom stereocenters. The van der Waals surface area contributed by atoms with Crippen molar-refractivity contribution < 1.29 is 8.42 Å². The van der Waals surface area contributed by atoms with Crippen molar-refractivity contribution in [2.24, 2.45) is 11.1 Å². The van der Waals surface area contributed by atoms with Gasteiger partial charge in [0, 0.05) is 12.6 Å². The molecule has 1 saturated heterocycles. The number of hydrogen-bond acceptors (Lipinski definition) is 4. The van der Waals surface area contributed by atoms with Crippen LogP contribution < -0.4 is 10.5 Å². The smallest absolute Gasteiger partial charge is 0.238 e. The van der Waals surface area contributed by atoms with E-state index in [0.717, 1.165) is 25.2 Å². The molecule has 6 heteroatoms. The zero-order chi connectivity index (χ0) is 15.5. The van der Waals surface area contributed by atoms with Crippen molar-refractivity contribution in [1.29, 1.82) is 0 Å². The Morgan fingerprint density at radius 2 is 2.24 bits per heavy atom. The normalized spacial score (nSPS) is 21.6. The number of rotatable bonds is 6. The Hall–Kier alpha value is -0.950. The van der Waals surface area contributed by atoms with Gasteiger partial charge < -0.3 is 10.2 Å². The maximum atomic E-state index is 11.4.